The first-order chi connectivity index (χ1) is 9.24. The molecule has 0 saturated heterocycles. The predicted octanol–water partition coefficient (Wildman–Crippen LogP) is 3.31. The van der Waals surface area contributed by atoms with Crippen molar-refractivity contribution >= 4 is 17.6 Å². The molecule has 0 atom stereocenters. The number of nitrogens with zero attached hydrogens (tertiary/aromatic N) is 3. The lowest BCUT2D eigenvalue weighted by Gasteiger charge is -2.11. The molecule has 0 aliphatic heterocycles. The van der Waals surface area contributed by atoms with E-state index in [1.54, 1.807) is 12.5 Å². The quantitative estimate of drug-likeness (QED) is 0.818. The van der Waals surface area contributed by atoms with Gasteiger partial charge in [0.05, 0.1) is 6.20 Å². The van der Waals surface area contributed by atoms with E-state index < -0.39 is 0 Å². The van der Waals surface area contributed by atoms with Crippen LogP contribution in [0.3, 0.4) is 0 Å². The van der Waals surface area contributed by atoms with Gasteiger partial charge >= 0.3 is 0 Å². The number of nitrogens with one attached hydrogen (secondary N) is 1. The molecule has 2 aromatic rings. The minimum absolute atomic E-state index is 0.602. The first kappa shape index (κ1) is 13.9. The van der Waals surface area contributed by atoms with Gasteiger partial charge in [-0.1, -0.05) is 13.8 Å². The Balaban J connectivity index is 2.30. The predicted molar refractivity (Wildman–Crippen MR) is 75.6 cm³/mol. The Morgan fingerprint density at radius 1 is 1.32 bits per heavy atom. The van der Waals surface area contributed by atoms with Crippen molar-refractivity contribution in [3.05, 3.63) is 23.8 Å². The lowest BCUT2D eigenvalue weighted by atomic mass is 10.3. The van der Waals surface area contributed by atoms with Crippen LogP contribution in [-0.2, 0) is 6.42 Å². The zero-order valence-corrected chi connectivity index (χ0v) is 12.3. The van der Waals surface area contributed by atoms with Gasteiger partial charge in [-0.3, -0.25) is 0 Å². The van der Waals surface area contributed by atoms with Crippen LogP contribution in [0.15, 0.2) is 27.1 Å². The smallest absolute Gasteiger partial charge is 0.261 e. The molecule has 0 unspecified atom stereocenters. The van der Waals surface area contributed by atoms with Crippen molar-refractivity contribution in [1.29, 1.82) is 0 Å². The number of hydrogen-bond donors (Lipinski definition) is 1. The molecule has 0 aliphatic carbocycles. The van der Waals surface area contributed by atoms with Crippen molar-refractivity contribution < 1.29 is 4.42 Å². The minimum atomic E-state index is 0.602. The maximum atomic E-state index is 5.26. The van der Waals surface area contributed by atoms with E-state index in [2.05, 4.69) is 27.2 Å². The van der Waals surface area contributed by atoms with Crippen molar-refractivity contribution in [2.45, 2.75) is 43.9 Å². The number of aryl methyl sites for hydroxylation is 1. The van der Waals surface area contributed by atoms with Crippen LogP contribution in [0.5, 0.6) is 0 Å². The maximum Gasteiger partial charge on any atom is 0.261 e. The highest BCUT2D eigenvalue weighted by Gasteiger charge is 2.13. The molecule has 0 saturated carbocycles. The highest BCUT2D eigenvalue weighted by atomic mass is 32.2. The second-order valence-electron chi connectivity index (χ2n) is 4.10. The standard InChI is InChI=1S/C13H18N4OS/c1-4-6-14-11-9(3)12(17-10(5-2)16-11)19-13-15-7-8-18-13/h7-8H,4-6H2,1-3H3,(H,14,16,17). The van der Waals surface area contributed by atoms with Gasteiger partial charge in [0.25, 0.3) is 5.22 Å². The summed E-state index contributed by atoms with van der Waals surface area (Å²) in [7, 11) is 0. The van der Waals surface area contributed by atoms with Crippen LogP contribution in [0.25, 0.3) is 0 Å². The number of oxazole rings is 1. The number of hydrogen-bond acceptors (Lipinski definition) is 6. The van der Waals surface area contributed by atoms with Gasteiger partial charge in [0.1, 0.15) is 22.9 Å². The number of anilines is 1. The largest absolute Gasteiger partial charge is 0.440 e. The summed E-state index contributed by atoms with van der Waals surface area (Å²) in [5.74, 6) is 1.74. The van der Waals surface area contributed by atoms with E-state index >= 15 is 0 Å². The highest BCUT2D eigenvalue weighted by Crippen LogP contribution is 2.30. The zero-order valence-electron chi connectivity index (χ0n) is 11.4. The average molecular weight is 278 g/mol. The van der Waals surface area contributed by atoms with Gasteiger partial charge in [0.2, 0.25) is 0 Å². The van der Waals surface area contributed by atoms with Gasteiger partial charge in [-0.15, -0.1) is 0 Å². The van der Waals surface area contributed by atoms with Gasteiger partial charge < -0.3 is 9.73 Å². The summed E-state index contributed by atoms with van der Waals surface area (Å²) in [5, 5.41) is 4.84. The van der Waals surface area contributed by atoms with E-state index in [9.17, 15) is 0 Å². The fourth-order valence-electron chi connectivity index (χ4n) is 1.56. The molecule has 0 amide bonds. The Kier molecular flexibility index (Phi) is 4.79. The van der Waals surface area contributed by atoms with E-state index in [1.165, 1.54) is 11.8 Å². The monoisotopic (exact) mass is 278 g/mol. The summed E-state index contributed by atoms with van der Waals surface area (Å²) in [6, 6.07) is 0. The Hall–Kier alpha value is -1.56. The average Bonchev–Trinajstić information content (AvgIpc) is 2.92. The number of aromatic nitrogens is 3. The van der Waals surface area contributed by atoms with Crippen molar-refractivity contribution in [3.8, 4) is 0 Å². The third-order valence-electron chi connectivity index (χ3n) is 2.60. The molecule has 2 rings (SSSR count). The normalized spacial score (nSPS) is 10.7. The molecule has 0 aromatic carbocycles. The Bertz CT molecular complexity index is 528. The first-order valence-corrected chi connectivity index (χ1v) is 7.25. The van der Waals surface area contributed by atoms with Gasteiger partial charge in [0.15, 0.2) is 0 Å². The highest BCUT2D eigenvalue weighted by molar-refractivity contribution is 7.99. The molecule has 0 radical (unpaired) electrons. The van der Waals surface area contributed by atoms with Crippen LogP contribution in [0.4, 0.5) is 5.82 Å². The molecule has 102 valence electrons. The van der Waals surface area contributed by atoms with Crippen LogP contribution in [0.1, 0.15) is 31.7 Å². The third-order valence-corrected chi connectivity index (χ3v) is 3.57. The Morgan fingerprint density at radius 2 is 2.16 bits per heavy atom. The molecule has 1 N–H and O–H groups in total. The fraction of sp³-hybridized carbons (Fsp3) is 0.462. The first-order valence-electron chi connectivity index (χ1n) is 6.43. The Morgan fingerprint density at radius 3 is 2.79 bits per heavy atom. The molecule has 2 aromatic heterocycles. The van der Waals surface area contributed by atoms with Crippen LogP contribution in [0.2, 0.25) is 0 Å². The van der Waals surface area contributed by atoms with E-state index in [4.69, 9.17) is 4.42 Å². The van der Waals surface area contributed by atoms with E-state index in [0.29, 0.717) is 5.22 Å². The van der Waals surface area contributed by atoms with E-state index in [-0.39, 0.29) is 0 Å². The molecular weight excluding hydrogens is 260 g/mol. The Labute approximate surface area is 117 Å². The summed E-state index contributed by atoms with van der Waals surface area (Å²) in [6.07, 6.45) is 5.07. The molecule has 0 aliphatic rings. The second kappa shape index (κ2) is 6.56. The van der Waals surface area contributed by atoms with Gasteiger partial charge in [0, 0.05) is 18.5 Å². The summed E-state index contributed by atoms with van der Waals surface area (Å²) in [4.78, 5) is 13.2. The molecule has 0 bridgehead atoms. The molecular formula is C13H18N4OS. The molecule has 2 heterocycles. The lowest BCUT2D eigenvalue weighted by molar-refractivity contribution is 0.454. The molecule has 0 spiro atoms. The molecule has 5 nitrogen and oxygen atoms in total. The van der Waals surface area contributed by atoms with Crippen molar-refractivity contribution in [3.63, 3.8) is 0 Å². The van der Waals surface area contributed by atoms with Crippen molar-refractivity contribution in [1.82, 2.24) is 15.0 Å². The van der Waals surface area contributed by atoms with Gasteiger partial charge in [-0.2, -0.15) is 0 Å². The summed E-state index contributed by atoms with van der Waals surface area (Å²) in [5.41, 5.74) is 1.04. The van der Waals surface area contributed by atoms with Gasteiger partial charge in [-0.05, 0) is 25.1 Å². The molecule has 0 fully saturated rings. The third kappa shape index (κ3) is 3.47. The van der Waals surface area contributed by atoms with Crippen LogP contribution >= 0.6 is 11.8 Å². The van der Waals surface area contributed by atoms with Crippen molar-refractivity contribution in [2.75, 3.05) is 11.9 Å². The molecule has 19 heavy (non-hydrogen) atoms. The number of rotatable bonds is 6. The van der Waals surface area contributed by atoms with Crippen LogP contribution in [-0.4, -0.2) is 21.5 Å². The lowest BCUT2D eigenvalue weighted by Crippen LogP contribution is -2.08. The minimum Gasteiger partial charge on any atom is -0.440 e. The summed E-state index contributed by atoms with van der Waals surface area (Å²) >= 11 is 1.43. The van der Waals surface area contributed by atoms with Gasteiger partial charge in [-0.25, -0.2) is 15.0 Å². The van der Waals surface area contributed by atoms with Crippen molar-refractivity contribution in [2.24, 2.45) is 0 Å². The fourth-order valence-corrected chi connectivity index (χ4v) is 2.34. The second-order valence-corrected chi connectivity index (χ2v) is 5.04. The maximum absolute atomic E-state index is 5.26. The topological polar surface area (TPSA) is 63.8 Å². The van der Waals surface area contributed by atoms with Crippen LogP contribution < -0.4 is 5.32 Å². The summed E-state index contributed by atoms with van der Waals surface area (Å²) < 4.78 is 5.26. The molecule has 6 heteroatoms. The van der Waals surface area contributed by atoms with E-state index in [1.807, 2.05) is 13.8 Å². The zero-order chi connectivity index (χ0) is 13.7. The van der Waals surface area contributed by atoms with Crippen LogP contribution in [0, 0.1) is 6.92 Å². The van der Waals surface area contributed by atoms with E-state index in [0.717, 1.165) is 41.6 Å². The SMILES string of the molecule is CCCNc1nc(CC)nc(Sc2ncco2)c1C. The summed E-state index contributed by atoms with van der Waals surface area (Å²) in [6.45, 7) is 7.10.